The first-order valence-corrected chi connectivity index (χ1v) is 10.2. The molecule has 0 saturated heterocycles. The molecule has 5 heteroatoms. The second-order valence-corrected chi connectivity index (χ2v) is 8.40. The Morgan fingerprint density at radius 3 is 2.65 bits per heavy atom. The number of aromatic nitrogens is 3. The minimum atomic E-state index is 0.137. The topological polar surface area (TPSA) is 51.0 Å². The summed E-state index contributed by atoms with van der Waals surface area (Å²) in [5.41, 5.74) is 3.35. The summed E-state index contributed by atoms with van der Waals surface area (Å²) in [4.78, 5) is 25.3. The van der Waals surface area contributed by atoms with E-state index >= 15 is 0 Å². The minimum Gasteiger partial charge on any atom is -0.333 e. The smallest absolute Gasteiger partial charge is 0.256 e. The van der Waals surface area contributed by atoms with Crippen molar-refractivity contribution in [2.24, 2.45) is 5.92 Å². The van der Waals surface area contributed by atoms with Crippen molar-refractivity contribution in [2.45, 2.75) is 84.8 Å². The number of amides is 1. The summed E-state index contributed by atoms with van der Waals surface area (Å²) in [6.45, 7) is 9.51. The van der Waals surface area contributed by atoms with Crippen LogP contribution in [-0.4, -0.2) is 37.4 Å². The van der Waals surface area contributed by atoms with Crippen molar-refractivity contribution in [1.82, 2.24) is 19.4 Å². The predicted octanol–water partition coefficient (Wildman–Crippen LogP) is 4.12. The summed E-state index contributed by atoms with van der Waals surface area (Å²) in [5.74, 6) is 1.67. The largest absolute Gasteiger partial charge is 0.333 e. The van der Waals surface area contributed by atoms with Gasteiger partial charge in [0.1, 0.15) is 11.3 Å². The number of pyridine rings is 1. The van der Waals surface area contributed by atoms with Crippen LogP contribution in [0.15, 0.2) is 6.07 Å². The van der Waals surface area contributed by atoms with E-state index in [0.717, 1.165) is 60.5 Å². The van der Waals surface area contributed by atoms with Gasteiger partial charge in [0.25, 0.3) is 5.91 Å². The molecule has 1 fully saturated rings. The Kier molecular flexibility index (Phi) is 4.49. The maximum Gasteiger partial charge on any atom is 0.256 e. The maximum atomic E-state index is 13.6. The van der Waals surface area contributed by atoms with Crippen LogP contribution in [-0.2, 0) is 13.0 Å². The fourth-order valence-electron chi connectivity index (χ4n) is 4.07. The van der Waals surface area contributed by atoms with Crippen LogP contribution < -0.4 is 0 Å². The molecule has 1 amide bonds. The van der Waals surface area contributed by atoms with Gasteiger partial charge in [-0.15, -0.1) is 0 Å². The van der Waals surface area contributed by atoms with Gasteiger partial charge >= 0.3 is 0 Å². The molecule has 5 nitrogen and oxygen atoms in total. The van der Waals surface area contributed by atoms with Crippen molar-refractivity contribution < 1.29 is 4.79 Å². The molecule has 0 spiro atoms. The van der Waals surface area contributed by atoms with E-state index in [9.17, 15) is 4.79 Å². The highest BCUT2D eigenvalue weighted by molar-refractivity contribution is 6.04. The van der Waals surface area contributed by atoms with Crippen LogP contribution in [0.1, 0.15) is 74.8 Å². The summed E-state index contributed by atoms with van der Waals surface area (Å²) in [6, 6.07) is 2.57. The van der Waals surface area contributed by atoms with Gasteiger partial charge in [0.05, 0.1) is 5.56 Å². The molecule has 4 rings (SSSR count). The van der Waals surface area contributed by atoms with Gasteiger partial charge in [-0.2, -0.15) is 0 Å². The SMILES string of the molecule is Cc1cc(C(=O)N(C2CC2)C(C)C(C)C)c2nc3n(c2n1)CCCCC3. The molecule has 2 aliphatic rings. The molecule has 140 valence electrons. The van der Waals surface area contributed by atoms with Gasteiger partial charge in [0.15, 0.2) is 5.65 Å². The lowest BCUT2D eigenvalue weighted by Crippen LogP contribution is -2.43. The van der Waals surface area contributed by atoms with Crippen molar-refractivity contribution in [1.29, 1.82) is 0 Å². The number of carbonyl (C=O) groups excluding carboxylic acids is 1. The Balaban J connectivity index is 1.81. The van der Waals surface area contributed by atoms with E-state index in [-0.39, 0.29) is 11.9 Å². The monoisotopic (exact) mass is 354 g/mol. The molecule has 2 aromatic heterocycles. The molecule has 3 heterocycles. The van der Waals surface area contributed by atoms with Gasteiger partial charge in [-0.25, -0.2) is 9.97 Å². The molecule has 1 saturated carbocycles. The Hall–Kier alpha value is -1.91. The first kappa shape index (κ1) is 17.5. The van der Waals surface area contributed by atoms with E-state index in [1.165, 1.54) is 12.8 Å². The van der Waals surface area contributed by atoms with Crippen molar-refractivity contribution in [2.75, 3.05) is 0 Å². The molecule has 0 N–H and O–H groups in total. The van der Waals surface area contributed by atoms with E-state index in [2.05, 4.69) is 30.2 Å². The van der Waals surface area contributed by atoms with E-state index in [4.69, 9.17) is 9.97 Å². The van der Waals surface area contributed by atoms with Gasteiger partial charge < -0.3 is 9.47 Å². The number of imidazole rings is 1. The van der Waals surface area contributed by atoms with E-state index in [1.807, 2.05) is 13.0 Å². The molecular weight excluding hydrogens is 324 g/mol. The van der Waals surface area contributed by atoms with Crippen LogP contribution in [0, 0.1) is 12.8 Å². The normalized spacial score (nSPS) is 18.7. The quantitative estimate of drug-likeness (QED) is 0.830. The van der Waals surface area contributed by atoms with Crippen molar-refractivity contribution >= 4 is 17.1 Å². The van der Waals surface area contributed by atoms with Crippen molar-refractivity contribution in [3.63, 3.8) is 0 Å². The Morgan fingerprint density at radius 2 is 1.96 bits per heavy atom. The lowest BCUT2D eigenvalue weighted by Gasteiger charge is -2.32. The minimum absolute atomic E-state index is 0.137. The molecule has 2 aromatic rings. The average molecular weight is 354 g/mol. The fourth-order valence-corrected chi connectivity index (χ4v) is 4.07. The van der Waals surface area contributed by atoms with Crippen molar-refractivity contribution in [3.8, 4) is 0 Å². The van der Waals surface area contributed by atoms with Crippen LogP contribution >= 0.6 is 0 Å². The number of carbonyl (C=O) groups is 1. The number of aryl methyl sites for hydroxylation is 3. The van der Waals surface area contributed by atoms with Crippen LogP contribution in [0.25, 0.3) is 11.2 Å². The average Bonchev–Trinajstić information content (AvgIpc) is 3.40. The first-order valence-electron chi connectivity index (χ1n) is 10.2. The Morgan fingerprint density at radius 1 is 1.19 bits per heavy atom. The predicted molar refractivity (Wildman–Crippen MR) is 103 cm³/mol. The molecule has 0 aromatic carbocycles. The Labute approximate surface area is 155 Å². The van der Waals surface area contributed by atoms with Gasteiger partial charge in [-0.1, -0.05) is 20.3 Å². The summed E-state index contributed by atoms with van der Waals surface area (Å²) in [5, 5.41) is 0. The third-order valence-electron chi connectivity index (χ3n) is 6.00. The van der Waals surface area contributed by atoms with Gasteiger partial charge in [0.2, 0.25) is 0 Å². The van der Waals surface area contributed by atoms with E-state index in [1.54, 1.807) is 0 Å². The zero-order valence-corrected chi connectivity index (χ0v) is 16.5. The van der Waals surface area contributed by atoms with Gasteiger partial charge in [-0.05, 0) is 51.5 Å². The van der Waals surface area contributed by atoms with E-state index < -0.39 is 0 Å². The van der Waals surface area contributed by atoms with Gasteiger partial charge in [-0.3, -0.25) is 4.79 Å². The lowest BCUT2D eigenvalue weighted by atomic mass is 10.0. The molecule has 1 aliphatic carbocycles. The summed E-state index contributed by atoms with van der Waals surface area (Å²) >= 11 is 0. The van der Waals surface area contributed by atoms with Crippen molar-refractivity contribution in [3.05, 3.63) is 23.1 Å². The number of rotatable bonds is 4. The number of fused-ring (bicyclic) bond motifs is 3. The van der Waals surface area contributed by atoms with E-state index in [0.29, 0.717) is 12.0 Å². The number of hydrogen-bond donors (Lipinski definition) is 0. The first-order chi connectivity index (χ1) is 12.5. The highest BCUT2D eigenvalue weighted by Gasteiger charge is 2.38. The standard InChI is InChI=1S/C21H30N4O/c1-13(2)15(4)25(16-9-10-16)21(26)17-12-14(3)22-20-19(17)23-18-8-6-5-7-11-24(18)20/h12-13,15-16H,5-11H2,1-4H3. The molecule has 1 unspecified atom stereocenters. The fraction of sp³-hybridized carbons (Fsp3) is 0.667. The zero-order chi connectivity index (χ0) is 18.4. The molecule has 26 heavy (non-hydrogen) atoms. The molecular formula is C21H30N4O. The summed E-state index contributed by atoms with van der Waals surface area (Å²) in [6.07, 6.45) is 6.80. The maximum absolute atomic E-state index is 13.6. The molecule has 0 radical (unpaired) electrons. The highest BCUT2D eigenvalue weighted by atomic mass is 16.2. The van der Waals surface area contributed by atoms with Gasteiger partial charge in [0, 0.05) is 30.7 Å². The number of hydrogen-bond acceptors (Lipinski definition) is 3. The van der Waals surface area contributed by atoms with Crippen LogP contribution in [0.5, 0.6) is 0 Å². The Bertz CT molecular complexity index is 834. The number of nitrogens with zero attached hydrogens (tertiary/aromatic N) is 4. The summed E-state index contributed by atoms with van der Waals surface area (Å²) < 4.78 is 2.25. The van der Waals surface area contributed by atoms with Crippen LogP contribution in [0.3, 0.4) is 0 Å². The highest BCUT2D eigenvalue weighted by Crippen LogP contribution is 2.33. The van der Waals surface area contributed by atoms with Crippen LogP contribution in [0.4, 0.5) is 0 Å². The molecule has 0 bridgehead atoms. The zero-order valence-electron chi connectivity index (χ0n) is 16.5. The lowest BCUT2D eigenvalue weighted by molar-refractivity contribution is 0.0629. The molecule has 1 aliphatic heterocycles. The van der Waals surface area contributed by atoms with Crippen LogP contribution in [0.2, 0.25) is 0 Å². The third kappa shape index (κ3) is 3.01. The molecule has 1 atom stereocenters. The summed E-state index contributed by atoms with van der Waals surface area (Å²) in [7, 11) is 0. The third-order valence-corrected chi connectivity index (χ3v) is 6.00. The second-order valence-electron chi connectivity index (χ2n) is 8.40. The second kappa shape index (κ2) is 6.67.